The maximum absolute atomic E-state index is 5.82. The molecule has 3 rings (SSSR count). The molecule has 0 aliphatic heterocycles. The number of rotatable bonds is 7. The van der Waals surface area contributed by atoms with Crippen LogP contribution in [0.15, 0.2) is 71.9 Å². The van der Waals surface area contributed by atoms with Crippen molar-refractivity contribution in [1.82, 2.24) is 20.4 Å². The molecule has 0 unspecified atom stereocenters. The van der Waals surface area contributed by atoms with Crippen molar-refractivity contribution in [3.8, 4) is 5.75 Å². The van der Waals surface area contributed by atoms with Crippen molar-refractivity contribution in [2.75, 3.05) is 7.05 Å². The van der Waals surface area contributed by atoms with Crippen LogP contribution in [0.4, 0.5) is 0 Å². The number of nitrogens with one attached hydrogen (secondary N) is 2. The van der Waals surface area contributed by atoms with Gasteiger partial charge in [-0.25, -0.2) is 0 Å². The third kappa shape index (κ3) is 6.56. The van der Waals surface area contributed by atoms with E-state index in [4.69, 9.17) is 4.74 Å². The highest BCUT2D eigenvalue weighted by Crippen LogP contribution is 2.14. The van der Waals surface area contributed by atoms with Crippen LogP contribution in [0.2, 0.25) is 0 Å². The molecule has 0 amide bonds. The zero-order valence-electron chi connectivity index (χ0n) is 16.1. The van der Waals surface area contributed by atoms with E-state index >= 15 is 0 Å². The van der Waals surface area contributed by atoms with Gasteiger partial charge in [0, 0.05) is 26.8 Å². The molecule has 0 saturated carbocycles. The largest absolute Gasteiger partial charge is 0.489 e. The molecule has 7 heteroatoms. The molecule has 0 radical (unpaired) electrons. The minimum Gasteiger partial charge on any atom is -0.489 e. The van der Waals surface area contributed by atoms with Crippen LogP contribution >= 0.6 is 24.0 Å². The van der Waals surface area contributed by atoms with Crippen molar-refractivity contribution < 1.29 is 4.74 Å². The number of hydrogen-bond acceptors (Lipinski definition) is 3. The summed E-state index contributed by atoms with van der Waals surface area (Å²) < 4.78 is 7.66. The number of ether oxygens (including phenoxy) is 1. The van der Waals surface area contributed by atoms with Gasteiger partial charge in [0.2, 0.25) is 0 Å². The average Bonchev–Trinajstić information content (AvgIpc) is 3.13. The van der Waals surface area contributed by atoms with Gasteiger partial charge in [0.25, 0.3) is 0 Å². The molecule has 148 valence electrons. The van der Waals surface area contributed by atoms with Crippen LogP contribution in [-0.4, -0.2) is 22.8 Å². The minimum absolute atomic E-state index is 0. The lowest BCUT2D eigenvalue weighted by Crippen LogP contribution is -2.36. The van der Waals surface area contributed by atoms with Crippen LogP contribution in [0.5, 0.6) is 5.75 Å². The molecular formula is C21H26IN5O. The summed E-state index contributed by atoms with van der Waals surface area (Å²) in [5.41, 5.74) is 3.41. The Hall–Kier alpha value is -2.55. The summed E-state index contributed by atoms with van der Waals surface area (Å²) in [6.45, 7) is 1.93. The molecule has 3 aromatic rings. The van der Waals surface area contributed by atoms with E-state index in [1.807, 2.05) is 48.1 Å². The Kier molecular flexibility index (Phi) is 8.80. The minimum atomic E-state index is 0. The van der Waals surface area contributed by atoms with Gasteiger partial charge in [0.15, 0.2) is 5.96 Å². The van der Waals surface area contributed by atoms with Crippen LogP contribution in [0.25, 0.3) is 0 Å². The maximum Gasteiger partial charge on any atom is 0.191 e. The van der Waals surface area contributed by atoms with Crippen LogP contribution in [0, 0.1) is 0 Å². The highest BCUT2D eigenvalue weighted by atomic mass is 127. The number of nitrogens with zero attached hydrogens (tertiary/aromatic N) is 3. The zero-order valence-corrected chi connectivity index (χ0v) is 18.5. The van der Waals surface area contributed by atoms with Gasteiger partial charge in [-0.05, 0) is 29.3 Å². The highest BCUT2D eigenvalue weighted by molar-refractivity contribution is 14.0. The average molecular weight is 491 g/mol. The fourth-order valence-electron chi connectivity index (χ4n) is 2.60. The van der Waals surface area contributed by atoms with Crippen molar-refractivity contribution in [1.29, 1.82) is 0 Å². The van der Waals surface area contributed by atoms with Crippen LogP contribution in [0.3, 0.4) is 0 Å². The summed E-state index contributed by atoms with van der Waals surface area (Å²) in [4.78, 5) is 4.25. The number of aromatic nitrogens is 2. The molecule has 0 bridgehead atoms. The number of aryl methyl sites for hydroxylation is 1. The van der Waals surface area contributed by atoms with Gasteiger partial charge in [0.1, 0.15) is 12.4 Å². The normalized spacial score (nSPS) is 10.9. The molecule has 28 heavy (non-hydrogen) atoms. The summed E-state index contributed by atoms with van der Waals surface area (Å²) in [5.74, 6) is 1.61. The molecule has 0 spiro atoms. The molecule has 1 aromatic heterocycles. The Morgan fingerprint density at radius 2 is 1.68 bits per heavy atom. The van der Waals surface area contributed by atoms with Gasteiger partial charge >= 0.3 is 0 Å². The summed E-state index contributed by atoms with van der Waals surface area (Å²) in [6.07, 6.45) is 1.79. The number of guanidine groups is 1. The number of aliphatic imine (C=N–C) groups is 1. The second kappa shape index (κ2) is 11.3. The van der Waals surface area contributed by atoms with E-state index in [1.165, 1.54) is 0 Å². The van der Waals surface area contributed by atoms with Crippen molar-refractivity contribution in [2.24, 2.45) is 12.0 Å². The van der Waals surface area contributed by atoms with Gasteiger partial charge in [-0.2, -0.15) is 5.10 Å². The van der Waals surface area contributed by atoms with Crippen molar-refractivity contribution in [3.05, 3.63) is 83.7 Å². The Morgan fingerprint density at radius 3 is 2.32 bits per heavy atom. The van der Waals surface area contributed by atoms with Crippen LogP contribution < -0.4 is 15.4 Å². The molecule has 0 aliphatic carbocycles. The van der Waals surface area contributed by atoms with Crippen molar-refractivity contribution in [3.63, 3.8) is 0 Å². The van der Waals surface area contributed by atoms with Crippen molar-refractivity contribution in [2.45, 2.75) is 19.7 Å². The third-order valence-corrected chi connectivity index (χ3v) is 4.21. The Bertz CT molecular complexity index is 862. The van der Waals surface area contributed by atoms with E-state index in [1.54, 1.807) is 13.2 Å². The SMILES string of the molecule is CN=C(NCc1ccc(OCc2ccccc2)cc1)NCc1ccnn1C.I. The Labute approximate surface area is 183 Å². The molecule has 0 saturated heterocycles. The Morgan fingerprint density at radius 1 is 0.964 bits per heavy atom. The van der Waals surface area contributed by atoms with Crippen LogP contribution in [-0.2, 0) is 26.7 Å². The predicted octanol–water partition coefficient (Wildman–Crippen LogP) is 3.48. The fraction of sp³-hybridized carbons (Fsp3) is 0.238. The number of halogens is 1. The third-order valence-electron chi connectivity index (χ3n) is 4.21. The Balaban J connectivity index is 0.00000280. The second-order valence-corrected chi connectivity index (χ2v) is 6.14. The van der Waals surface area contributed by atoms with E-state index < -0.39 is 0 Å². The zero-order chi connectivity index (χ0) is 18.9. The first-order valence-corrected chi connectivity index (χ1v) is 8.91. The summed E-state index contributed by atoms with van der Waals surface area (Å²) in [5, 5.41) is 10.8. The first-order valence-electron chi connectivity index (χ1n) is 8.91. The van der Waals surface area contributed by atoms with E-state index in [2.05, 4.69) is 45.0 Å². The van der Waals surface area contributed by atoms with E-state index in [0.29, 0.717) is 19.7 Å². The number of hydrogen-bond donors (Lipinski definition) is 2. The first-order chi connectivity index (χ1) is 13.2. The van der Waals surface area contributed by atoms with Crippen LogP contribution in [0.1, 0.15) is 16.8 Å². The summed E-state index contributed by atoms with van der Waals surface area (Å²) in [7, 11) is 3.69. The first kappa shape index (κ1) is 21.7. The quantitative estimate of drug-likeness (QED) is 0.302. The summed E-state index contributed by atoms with van der Waals surface area (Å²) >= 11 is 0. The lowest BCUT2D eigenvalue weighted by molar-refractivity contribution is 0.306. The van der Waals surface area contributed by atoms with Gasteiger partial charge in [-0.1, -0.05) is 42.5 Å². The van der Waals surface area contributed by atoms with Gasteiger partial charge in [-0.3, -0.25) is 9.67 Å². The topological polar surface area (TPSA) is 63.5 Å². The molecule has 6 nitrogen and oxygen atoms in total. The molecular weight excluding hydrogens is 465 g/mol. The second-order valence-electron chi connectivity index (χ2n) is 6.14. The lowest BCUT2D eigenvalue weighted by Gasteiger charge is -2.12. The van der Waals surface area contributed by atoms with Crippen molar-refractivity contribution >= 4 is 29.9 Å². The molecule has 1 heterocycles. The fourth-order valence-corrected chi connectivity index (χ4v) is 2.60. The standard InChI is InChI=1S/C21H25N5O.HI/c1-22-21(24-15-19-12-13-25-26(19)2)23-14-17-8-10-20(11-9-17)27-16-18-6-4-3-5-7-18;/h3-13H,14-16H2,1-2H3,(H2,22,23,24);1H. The number of benzene rings is 2. The highest BCUT2D eigenvalue weighted by Gasteiger charge is 2.02. The van der Waals surface area contributed by atoms with Gasteiger partial charge < -0.3 is 15.4 Å². The lowest BCUT2D eigenvalue weighted by atomic mass is 10.2. The van der Waals surface area contributed by atoms with Gasteiger partial charge in [0.05, 0.1) is 12.2 Å². The van der Waals surface area contributed by atoms with Gasteiger partial charge in [-0.15, -0.1) is 24.0 Å². The molecule has 0 atom stereocenters. The monoisotopic (exact) mass is 491 g/mol. The molecule has 2 aromatic carbocycles. The predicted molar refractivity (Wildman–Crippen MR) is 123 cm³/mol. The molecule has 2 N–H and O–H groups in total. The maximum atomic E-state index is 5.82. The molecule has 0 aliphatic rings. The smallest absolute Gasteiger partial charge is 0.191 e. The van der Waals surface area contributed by atoms with E-state index in [-0.39, 0.29) is 24.0 Å². The molecule has 0 fully saturated rings. The van der Waals surface area contributed by atoms with E-state index in [0.717, 1.165) is 28.5 Å². The van der Waals surface area contributed by atoms with E-state index in [9.17, 15) is 0 Å². The summed E-state index contributed by atoms with van der Waals surface area (Å²) in [6, 6.07) is 20.2.